The predicted molar refractivity (Wildman–Crippen MR) is 129 cm³/mol. The minimum atomic E-state index is -0.151. The van der Waals surface area contributed by atoms with Crippen molar-refractivity contribution >= 4 is 5.91 Å². The zero-order valence-electron chi connectivity index (χ0n) is 19.1. The molecule has 168 valence electrons. The lowest BCUT2D eigenvalue weighted by atomic mass is 10.1. The van der Waals surface area contributed by atoms with Crippen molar-refractivity contribution in [3.8, 4) is 0 Å². The number of aryl methyl sites for hydroxylation is 1. The Bertz CT molecular complexity index is 1170. The average molecular weight is 440 g/mol. The van der Waals surface area contributed by atoms with Crippen LogP contribution < -0.4 is 0 Å². The molecule has 1 heterocycles. The van der Waals surface area contributed by atoms with E-state index in [-0.39, 0.29) is 5.91 Å². The second-order valence-electron chi connectivity index (χ2n) is 8.33. The molecule has 0 aliphatic heterocycles. The lowest BCUT2D eigenvalue weighted by Crippen LogP contribution is -2.27. The van der Waals surface area contributed by atoms with E-state index in [4.69, 9.17) is 4.42 Å². The van der Waals surface area contributed by atoms with Gasteiger partial charge in [-0.25, -0.2) is 4.98 Å². The number of benzene rings is 3. The van der Waals surface area contributed by atoms with Gasteiger partial charge in [-0.1, -0.05) is 84.9 Å². The first-order chi connectivity index (χ1) is 16.1. The van der Waals surface area contributed by atoms with Crippen LogP contribution in [0.1, 0.15) is 38.6 Å². The summed E-state index contributed by atoms with van der Waals surface area (Å²) in [6.07, 6.45) is 1.47. The molecule has 3 aromatic carbocycles. The molecule has 0 atom stereocenters. The Labute approximate surface area is 195 Å². The highest BCUT2D eigenvalue weighted by Gasteiger charge is 2.19. The van der Waals surface area contributed by atoms with Crippen LogP contribution in [-0.4, -0.2) is 27.7 Å². The molecule has 4 aromatic rings. The van der Waals surface area contributed by atoms with Gasteiger partial charge in [-0.2, -0.15) is 0 Å². The number of aromatic nitrogens is 1. The molecule has 33 heavy (non-hydrogen) atoms. The molecule has 0 aliphatic rings. The summed E-state index contributed by atoms with van der Waals surface area (Å²) in [5, 5.41) is 0. The molecule has 0 saturated carbocycles. The van der Waals surface area contributed by atoms with E-state index in [2.05, 4.69) is 53.2 Å². The summed E-state index contributed by atoms with van der Waals surface area (Å²) in [5.74, 6) is 0.387. The van der Waals surface area contributed by atoms with Crippen LogP contribution in [0, 0.1) is 6.92 Å². The summed E-state index contributed by atoms with van der Waals surface area (Å²) in [6, 6.07) is 28.7. The van der Waals surface area contributed by atoms with Gasteiger partial charge in [0.25, 0.3) is 5.91 Å². The van der Waals surface area contributed by atoms with E-state index in [1.165, 1.54) is 23.0 Å². The number of hydrogen-bond acceptors (Lipinski definition) is 4. The summed E-state index contributed by atoms with van der Waals surface area (Å²) in [7, 11) is 1.78. The van der Waals surface area contributed by atoms with Gasteiger partial charge in [-0.3, -0.25) is 9.69 Å². The molecule has 1 amide bonds. The van der Waals surface area contributed by atoms with Crippen LogP contribution in [0.2, 0.25) is 0 Å². The van der Waals surface area contributed by atoms with Gasteiger partial charge in [0.1, 0.15) is 6.26 Å². The van der Waals surface area contributed by atoms with Crippen molar-refractivity contribution in [2.75, 3.05) is 7.05 Å². The first kappa shape index (κ1) is 22.5. The van der Waals surface area contributed by atoms with Gasteiger partial charge >= 0.3 is 0 Å². The molecule has 0 N–H and O–H groups in total. The van der Waals surface area contributed by atoms with E-state index >= 15 is 0 Å². The van der Waals surface area contributed by atoms with Crippen LogP contribution in [0.3, 0.4) is 0 Å². The number of amides is 1. The Morgan fingerprint density at radius 1 is 0.788 bits per heavy atom. The summed E-state index contributed by atoms with van der Waals surface area (Å²) < 4.78 is 5.72. The zero-order chi connectivity index (χ0) is 23.0. The van der Waals surface area contributed by atoms with Gasteiger partial charge in [0.15, 0.2) is 5.69 Å². The third-order valence-electron chi connectivity index (χ3n) is 5.64. The summed E-state index contributed by atoms with van der Waals surface area (Å²) in [6.45, 7) is 4.69. The van der Waals surface area contributed by atoms with E-state index in [0.717, 1.165) is 18.7 Å². The minimum Gasteiger partial charge on any atom is -0.447 e. The fourth-order valence-electron chi connectivity index (χ4n) is 3.84. The normalized spacial score (nSPS) is 11.0. The van der Waals surface area contributed by atoms with E-state index in [9.17, 15) is 4.79 Å². The van der Waals surface area contributed by atoms with Gasteiger partial charge in [0, 0.05) is 26.7 Å². The molecular weight excluding hydrogens is 410 g/mol. The lowest BCUT2D eigenvalue weighted by Gasteiger charge is -2.22. The van der Waals surface area contributed by atoms with Crippen LogP contribution in [0.15, 0.2) is 95.6 Å². The van der Waals surface area contributed by atoms with E-state index in [1.54, 1.807) is 11.9 Å². The molecular formula is C28H29N3O2. The Hall–Kier alpha value is -3.70. The largest absolute Gasteiger partial charge is 0.447 e. The average Bonchev–Trinajstić information content (AvgIpc) is 3.29. The molecule has 5 heteroatoms. The molecule has 0 saturated heterocycles. The predicted octanol–water partition coefficient (Wildman–Crippen LogP) is 5.46. The molecule has 4 rings (SSSR count). The number of oxazole rings is 1. The molecule has 0 fully saturated rings. The van der Waals surface area contributed by atoms with Gasteiger partial charge in [-0.05, 0) is 29.2 Å². The quantitative estimate of drug-likeness (QED) is 0.348. The summed E-state index contributed by atoms with van der Waals surface area (Å²) in [4.78, 5) is 21.3. The maximum Gasteiger partial charge on any atom is 0.275 e. The highest BCUT2D eigenvalue weighted by atomic mass is 16.3. The monoisotopic (exact) mass is 439 g/mol. The molecule has 1 aromatic heterocycles. The van der Waals surface area contributed by atoms with Crippen LogP contribution in [0.4, 0.5) is 0 Å². The van der Waals surface area contributed by atoms with Gasteiger partial charge in [0.05, 0.1) is 6.54 Å². The minimum absolute atomic E-state index is 0.151. The van der Waals surface area contributed by atoms with E-state index < -0.39 is 0 Å². The van der Waals surface area contributed by atoms with E-state index in [1.807, 2.05) is 48.5 Å². The third kappa shape index (κ3) is 6.18. The van der Waals surface area contributed by atoms with Crippen molar-refractivity contribution in [1.29, 1.82) is 0 Å². The first-order valence-corrected chi connectivity index (χ1v) is 11.1. The summed E-state index contributed by atoms with van der Waals surface area (Å²) in [5.41, 5.74) is 5.14. The number of hydrogen-bond donors (Lipinski definition) is 0. The first-order valence-electron chi connectivity index (χ1n) is 11.1. The Balaban J connectivity index is 1.47. The van der Waals surface area contributed by atoms with Crippen LogP contribution in [0.25, 0.3) is 0 Å². The van der Waals surface area contributed by atoms with Crippen molar-refractivity contribution in [3.63, 3.8) is 0 Å². The van der Waals surface area contributed by atoms with Crippen LogP contribution >= 0.6 is 0 Å². The molecule has 0 bridgehead atoms. The SMILES string of the molecule is Cc1ccccc1CN(Cc1ccccc1)Cc1nc(C(=O)N(C)Cc2ccccc2)co1. The number of rotatable bonds is 9. The third-order valence-corrected chi connectivity index (χ3v) is 5.64. The molecule has 0 aliphatic carbocycles. The number of carbonyl (C=O) groups excluding carboxylic acids is 1. The van der Waals surface area contributed by atoms with Gasteiger partial charge in [-0.15, -0.1) is 0 Å². The van der Waals surface area contributed by atoms with Gasteiger partial charge in [0.2, 0.25) is 5.89 Å². The Kier molecular flexibility index (Phi) is 7.33. The van der Waals surface area contributed by atoms with E-state index in [0.29, 0.717) is 24.7 Å². The number of nitrogens with zero attached hydrogens (tertiary/aromatic N) is 3. The maximum atomic E-state index is 12.9. The maximum absolute atomic E-state index is 12.9. The molecule has 0 unspecified atom stereocenters. The smallest absolute Gasteiger partial charge is 0.275 e. The highest BCUT2D eigenvalue weighted by molar-refractivity contribution is 5.91. The highest BCUT2D eigenvalue weighted by Crippen LogP contribution is 2.17. The standard InChI is InChI=1S/C28H29N3O2/c1-22-11-9-10-16-25(22)19-31(18-24-14-7-4-8-15-24)20-27-29-26(21-33-27)28(32)30(2)17-23-12-5-3-6-13-23/h3-16,21H,17-20H2,1-2H3. The Morgan fingerprint density at radius 2 is 1.39 bits per heavy atom. The zero-order valence-corrected chi connectivity index (χ0v) is 19.1. The van der Waals surface area contributed by atoms with Crippen molar-refractivity contribution in [1.82, 2.24) is 14.8 Å². The number of carbonyl (C=O) groups is 1. The van der Waals surface area contributed by atoms with Gasteiger partial charge < -0.3 is 9.32 Å². The van der Waals surface area contributed by atoms with Crippen molar-refractivity contribution in [2.45, 2.75) is 33.1 Å². The van der Waals surface area contributed by atoms with Crippen molar-refractivity contribution in [3.05, 3.63) is 125 Å². The lowest BCUT2D eigenvalue weighted by molar-refractivity contribution is 0.0779. The second-order valence-corrected chi connectivity index (χ2v) is 8.33. The molecule has 5 nitrogen and oxygen atoms in total. The van der Waals surface area contributed by atoms with Crippen molar-refractivity contribution in [2.24, 2.45) is 0 Å². The second kappa shape index (κ2) is 10.7. The molecule has 0 spiro atoms. The molecule has 0 radical (unpaired) electrons. The van der Waals surface area contributed by atoms with Crippen LogP contribution in [0.5, 0.6) is 0 Å². The van der Waals surface area contributed by atoms with Crippen LogP contribution in [-0.2, 0) is 26.2 Å². The fraction of sp³-hybridized carbons (Fsp3) is 0.214. The summed E-state index contributed by atoms with van der Waals surface area (Å²) >= 11 is 0. The topological polar surface area (TPSA) is 49.6 Å². The van der Waals surface area contributed by atoms with Crippen molar-refractivity contribution < 1.29 is 9.21 Å². The fourth-order valence-corrected chi connectivity index (χ4v) is 3.84. The Morgan fingerprint density at radius 3 is 2.06 bits per heavy atom.